The number of carbonyl (C=O) groups excluding carboxylic acids is 1. The molecule has 1 N–H and O–H groups in total. The Balaban J connectivity index is 2.40. The van der Waals surface area contributed by atoms with Crippen LogP contribution in [0.25, 0.3) is 0 Å². The predicted octanol–water partition coefficient (Wildman–Crippen LogP) is 1.91. The summed E-state index contributed by atoms with van der Waals surface area (Å²) in [5.41, 5.74) is 0.110. The molecule has 0 spiro atoms. The maximum Gasteiger partial charge on any atom is 0.192 e. The number of ketones is 1. The van der Waals surface area contributed by atoms with Gasteiger partial charge >= 0.3 is 0 Å². The molecule has 2 heterocycles. The minimum Gasteiger partial charge on any atom is -0.494 e. The van der Waals surface area contributed by atoms with Gasteiger partial charge in [0, 0.05) is 12.7 Å². The van der Waals surface area contributed by atoms with Gasteiger partial charge in [-0.15, -0.1) is 0 Å². The molecule has 0 bridgehead atoms. The van der Waals surface area contributed by atoms with Crippen LogP contribution in [0.5, 0.6) is 5.75 Å². The summed E-state index contributed by atoms with van der Waals surface area (Å²) in [6.07, 6.45) is 2.51. The minimum atomic E-state index is -0.346. The Morgan fingerprint density at radius 1 is 1.56 bits per heavy atom. The molecule has 1 atom stereocenters. The molecule has 0 radical (unpaired) electrons. The lowest BCUT2D eigenvalue weighted by Gasteiger charge is -2.30. The van der Waals surface area contributed by atoms with Crippen LogP contribution < -0.4 is 10.1 Å². The molecule has 1 aromatic rings. The summed E-state index contributed by atoms with van der Waals surface area (Å²) >= 11 is 0. The number of hydrogen-bond acceptors (Lipinski definition) is 4. The Morgan fingerprint density at radius 3 is 2.89 bits per heavy atom. The Labute approximate surface area is 108 Å². The molecule has 0 aliphatic carbocycles. The van der Waals surface area contributed by atoms with Crippen LogP contribution in [-0.2, 0) is 0 Å². The van der Waals surface area contributed by atoms with Crippen molar-refractivity contribution < 1.29 is 9.53 Å². The number of hydrogen-bond donors (Lipinski definition) is 1. The fourth-order valence-electron chi connectivity index (χ4n) is 2.62. The molecule has 0 aromatic carbocycles. The standard InChI is InChI=1S/C14H20N2O2/c1-10(2)14(6-8-15-9-14)13(17)12-11(18-3)5-4-7-16-12/h4-5,7,10,15H,6,8-9H2,1-3H3. The van der Waals surface area contributed by atoms with E-state index in [-0.39, 0.29) is 17.1 Å². The number of rotatable bonds is 4. The molecule has 18 heavy (non-hydrogen) atoms. The third kappa shape index (κ3) is 2.01. The highest BCUT2D eigenvalue weighted by molar-refractivity contribution is 6.01. The first-order chi connectivity index (χ1) is 8.62. The van der Waals surface area contributed by atoms with E-state index in [0.717, 1.165) is 19.5 Å². The van der Waals surface area contributed by atoms with Gasteiger partial charge in [-0.2, -0.15) is 0 Å². The van der Waals surface area contributed by atoms with E-state index < -0.39 is 0 Å². The maximum atomic E-state index is 12.8. The van der Waals surface area contributed by atoms with Crippen LogP contribution in [0.15, 0.2) is 18.3 Å². The van der Waals surface area contributed by atoms with Gasteiger partial charge < -0.3 is 10.1 Å². The van der Waals surface area contributed by atoms with Crippen LogP contribution in [-0.4, -0.2) is 31.0 Å². The smallest absolute Gasteiger partial charge is 0.192 e. The van der Waals surface area contributed by atoms with E-state index in [1.807, 2.05) is 0 Å². The number of aromatic nitrogens is 1. The van der Waals surface area contributed by atoms with E-state index in [0.29, 0.717) is 11.4 Å². The molecule has 1 unspecified atom stereocenters. The highest BCUT2D eigenvalue weighted by atomic mass is 16.5. The van der Waals surface area contributed by atoms with Crippen molar-refractivity contribution in [2.75, 3.05) is 20.2 Å². The average Bonchev–Trinajstić information content (AvgIpc) is 2.88. The second kappa shape index (κ2) is 5.06. The summed E-state index contributed by atoms with van der Waals surface area (Å²) in [6.45, 7) is 5.81. The van der Waals surface area contributed by atoms with Gasteiger partial charge in [-0.1, -0.05) is 13.8 Å². The molecule has 1 saturated heterocycles. The number of ether oxygens (including phenoxy) is 1. The molecule has 1 aromatic heterocycles. The second-order valence-electron chi connectivity index (χ2n) is 5.12. The van der Waals surface area contributed by atoms with E-state index in [4.69, 9.17) is 4.74 Å². The Bertz CT molecular complexity index is 437. The van der Waals surface area contributed by atoms with Crippen LogP contribution in [0.1, 0.15) is 30.8 Å². The first-order valence-corrected chi connectivity index (χ1v) is 6.36. The lowest BCUT2D eigenvalue weighted by atomic mass is 9.72. The highest BCUT2D eigenvalue weighted by Gasteiger charge is 2.45. The Kier molecular flexibility index (Phi) is 3.66. The Hall–Kier alpha value is -1.42. The van der Waals surface area contributed by atoms with Crippen LogP contribution in [0.3, 0.4) is 0 Å². The first kappa shape index (κ1) is 13.0. The maximum absolute atomic E-state index is 12.8. The zero-order valence-electron chi connectivity index (χ0n) is 11.2. The summed E-state index contributed by atoms with van der Waals surface area (Å²) in [6, 6.07) is 3.57. The largest absolute Gasteiger partial charge is 0.494 e. The van der Waals surface area contributed by atoms with Crippen LogP contribution in [0.4, 0.5) is 0 Å². The van der Waals surface area contributed by atoms with E-state index in [2.05, 4.69) is 24.1 Å². The summed E-state index contributed by atoms with van der Waals surface area (Å²) in [4.78, 5) is 17.0. The molecule has 1 fully saturated rings. The van der Waals surface area contributed by atoms with Crippen molar-refractivity contribution >= 4 is 5.78 Å². The molecule has 98 valence electrons. The Morgan fingerprint density at radius 2 is 2.33 bits per heavy atom. The summed E-state index contributed by atoms with van der Waals surface area (Å²) in [5.74, 6) is 0.945. The van der Waals surface area contributed by atoms with E-state index in [9.17, 15) is 4.79 Å². The zero-order chi connectivity index (χ0) is 13.2. The fourth-order valence-corrected chi connectivity index (χ4v) is 2.62. The molecule has 4 nitrogen and oxygen atoms in total. The van der Waals surface area contributed by atoms with E-state index in [1.165, 1.54) is 0 Å². The number of carbonyl (C=O) groups is 1. The van der Waals surface area contributed by atoms with E-state index >= 15 is 0 Å². The predicted molar refractivity (Wildman–Crippen MR) is 69.9 cm³/mol. The van der Waals surface area contributed by atoms with Gasteiger partial charge in [-0.3, -0.25) is 4.79 Å². The summed E-state index contributed by atoms with van der Waals surface area (Å²) < 4.78 is 5.25. The molecular formula is C14H20N2O2. The quantitative estimate of drug-likeness (QED) is 0.827. The zero-order valence-corrected chi connectivity index (χ0v) is 11.2. The number of pyridine rings is 1. The highest BCUT2D eigenvalue weighted by Crippen LogP contribution is 2.38. The molecular weight excluding hydrogens is 228 g/mol. The van der Waals surface area contributed by atoms with Gasteiger partial charge in [0.05, 0.1) is 12.5 Å². The van der Waals surface area contributed by atoms with Gasteiger partial charge in [-0.25, -0.2) is 4.98 Å². The number of methoxy groups -OCH3 is 1. The molecule has 1 aliphatic rings. The average molecular weight is 248 g/mol. The van der Waals surface area contributed by atoms with Crippen molar-refractivity contribution in [2.45, 2.75) is 20.3 Å². The summed E-state index contributed by atoms with van der Waals surface area (Å²) in [7, 11) is 1.57. The second-order valence-corrected chi connectivity index (χ2v) is 5.12. The topological polar surface area (TPSA) is 51.2 Å². The van der Waals surface area contributed by atoms with Crippen molar-refractivity contribution in [3.8, 4) is 5.75 Å². The third-order valence-corrected chi connectivity index (χ3v) is 3.95. The molecule has 0 amide bonds. The number of nitrogens with one attached hydrogen (secondary N) is 1. The van der Waals surface area contributed by atoms with Gasteiger partial charge in [-0.05, 0) is 31.0 Å². The molecule has 0 saturated carbocycles. The number of nitrogens with zero attached hydrogens (tertiary/aromatic N) is 1. The van der Waals surface area contributed by atoms with Crippen LogP contribution in [0, 0.1) is 11.3 Å². The lowest BCUT2D eigenvalue weighted by Crippen LogP contribution is -2.39. The van der Waals surface area contributed by atoms with Crippen molar-refractivity contribution in [3.05, 3.63) is 24.0 Å². The van der Waals surface area contributed by atoms with Gasteiger partial charge in [0.2, 0.25) is 0 Å². The van der Waals surface area contributed by atoms with Crippen LogP contribution >= 0.6 is 0 Å². The first-order valence-electron chi connectivity index (χ1n) is 6.36. The number of Topliss-reactive ketones (excluding diaryl/α,β-unsaturated/α-hetero) is 1. The van der Waals surface area contributed by atoms with Gasteiger partial charge in [0.25, 0.3) is 0 Å². The van der Waals surface area contributed by atoms with Gasteiger partial charge in [0.1, 0.15) is 11.4 Å². The van der Waals surface area contributed by atoms with Crippen molar-refractivity contribution in [1.29, 1.82) is 0 Å². The van der Waals surface area contributed by atoms with E-state index in [1.54, 1.807) is 25.4 Å². The van der Waals surface area contributed by atoms with Crippen LogP contribution in [0.2, 0.25) is 0 Å². The minimum absolute atomic E-state index is 0.0972. The molecule has 2 rings (SSSR count). The van der Waals surface area contributed by atoms with Crippen molar-refractivity contribution in [1.82, 2.24) is 10.3 Å². The molecule has 1 aliphatic heterocycles. The summed E-state index contributed by atoms with van der Waals surface area (Å²) in [5, 5.41) is 3.29. The van der Waals surface area contributed by atoms with Gasteiger partial charge in [0.15, 0.2) is 5.78 Å². The molecule has 4 heteroatoms. The SMILES string of the molecule is COc1cccnc1C(=O)C1(C(C)C)CCNC1. The van der Waals surface area contributed by atoms with Crippen molar-refractivity contribution in [3.63, 3.8) is 0 Å². The lowest BCUT2D eigenvalue weighted by molar-refractivity contribution is 0.0730. The normalized spacial score (nSPS) is 23.3. The fraction of sp³-hybridized carbons (Fsp3) is 0.571. The monoisotopic (exact) mass is 248 g/mol. The third-order valence-electron chi connectivity index (χ3n) is 3.95. The van der Waals surface area contributed by atoms with Crippen molar-refractivity contribution in [2.24, 2.45) is 11.3 Å².